The van der Waals surface area contributed by atoms with Gasteiger partial charge in [-0.15, -0.1) is 0 Å². The molecule has 0 saturated carbocycles. The Morgan fingerprint density at radius 3 is 2.76 bits per heavy atom. The lowest BCUT2D eigenvalue weighted by atomic mass is 10.1. The summed E-state index contributed by atoms with van der Waals surface area (Å²) in [6.07, 6.45) is 0.537. The molecule has 1 amide bonds. The normalized spacial score (nSPS) is 19.5. The Kier molecular flexibility index (Phi) is 5.00. The lowest BCUT2D eigenvalue weighted by Crippen LogP contribution is -2.51. The van der Waals surface area contributed by atoms with E-state index in [1.165, 1.54) is 6.07 Å². The Balaban J connectivity index is 2.34. The first-order valence-electron chi connectivity index (χ1n) is 7.30. The molecule has 1 fully saturated rings. The zero-order chi connectivity index (χ0) is 15.5. The summed E-state index contributed by atoms with van der Waals surface area (Å²) in [5.74, 6) is -0.131. The van der Waals surface area contributed by atoms with Gasteiger partial charge in [0.1, 0.15) is 0 Å². The third kappa shape index (κ3) is 3.63. The first-order valence-corrected chi connectivity index (χ1v) is 8.95. The summed E-state index contributed by atoms with van der Waals surface area (Å²) in [6, 6.07) is 6.74. The topological polar surface area (TPSA) is 66.5 Å². The second-order valence-electron chi connectivity index (χ2n) is 5.42. The van der Waals surface area contributed by atoms with Gasteiger partial charge in [0.05, 0.1) is 16.2 Å². The summed E-state index contributed by atoms with van der Waals surface area (Å²) in [7, 11) is -3.40. The molecule has 1 heterocycles. The van der Waals surface area contributed by atoms with Crippen molar-refractivity contribution in [3.05, 3.63) is 29.8 Å². The van der Waals surface area contributed by atoms with Crippen LogP contribution in [0.3, 0.4) is 0 Å². The van der Waals surface area contributed by atoms with Crippen molar-refractivity contribution < 1.29 is 13.2 Å². The Hall–Kier alpha value is -1.40. The van der Waals surface area contributed by atoms with E-state index in [-0.39, 0.29) is 22.6 Å². The number of rotatable bonds is 4. The van der Waals surface area contributed by atoms with Crippen molar-refractivity contribution in [1.82, 2.24) is 10.2 Å². The molecule has 0 spiro atoms. The Bertz CT molecular complexity index is 613. The highest BCUT2D eigenvalue weighted by Crippen LogP contribution is 2.20. The van der Waals surface area contributed by atoms with Crippen LogP contribution in [0.1, 0.15) is 30.6 Å². The Labute approximate surface area is 126 Å². The summed E-state index contributed by atoms with van der Waals surface area (Å²) in [6.45, 7) is 5.77. The molecular weight excluding hydrogens is 288 g/mol. The third-order valence-electron chi connectivity index (χ3n) is 3.58. The van der Waals surface area contributed by atoms with Crippen molar-refractivity contribution in [2.24, 2.45) is 0 Å². The fourth-order valence-corrected chi connectivity index (χ4v) is 4.11. The standard InChI is InChI=1S/C15H22N2O3S/c1-3-10-21(19,20)14-7-5-4-6-13(14)15(18)17-9-8-16-12(2)11-17/h4-7,12,16H,3,8-11H2,1-2H3. The number of hydrogen-bond donors (Lipinski definition) is 1. The van der Waals surface area contributed by atoms with Crippen molar-refractivity contribution >= 4 is 15.7 Å². The molecule has 1 aliphatic heterocycles. The first-order chi connectivity index (χ1) is 9.95. The molecule has 1 aromatic carbocycles. The van der Waals surface area contributed by atoms with E-state index in [1.807, 2.05) is 13.8 Å². The van der Waals surface area contributed by atoms with Crippen molar-refractivity contribution in [1.29, 1.82) is 0 Å². The molecule has 1 atom stereocenters. The maximum Gasteiger partial charge on any atom is 0.255 e. The van der Waals surface area contributed by atoms with Crippen LogP contribution in [0.5, 0.6) is 0 Å². The lowest BCUT2D eigenvalue weighted by molar-refractivity contribution is 0.0705. The van der Waals surface area contributed by atoms with Crippen LogP contribution in [0.15, 0.2) is 29.2 Å². The second kappa shape index (κ2) is 6.58. The monoisotopic (exact) mass is 310 g/mol. The molecule has 2 rings (SSSR count). The number of carbonyl (C=O) groups is 1. The van der Waals surface area contributed by atoms with Gasteiger partial charge in [-0.25, -0.2) is 8.42 Å². The molecule has 1 aromatic rings. The number of hydrogen-bond acceptors (Lipinski definition) is 4. The predicted octanol–water partition coefficient (Wildman–Crippen LogP) is 1.30. The van der Waals surface area contributed by atoms with Crippen molar-refractivity contribution in [3.63, 3.8) is 0 Å². The molecule has 5 nitrogen and oxygen atoms in total. The highest BCUT2D eigenvalue weighted by atomic mass is 32.2. The largest absolute Gasteiger partial charge is 0.336 e. The van der Waals surface area contributed by atoms with Gasteiger partial charge in [0, 0.05) is 25.7 Å². The van der Waals surface area contributed by atoms with E-state index in [2.05, 4.69) is 5.32 Å². The number of nitrogens with zero attached hydrogens (tertiary/aromatic N) is 1. The minimum absolute atomic E-state index is 0.0647. The predicted molar refractivity (Wildman–Crippen MR) is 82.2 cm³/mol. The maximum absolute atomic E-state index is 12.7. The van der Waals surface area contributed by atoms with E-state index in [0.717, 1.165) is 6.54 Å². The van der Waals surface area contributed by atoms with Crippen LogP contribution in [0.4, 0.5) is 0 Å². The molecule has 0 bridgehead atoms. The molecule has 0 aliphatic carbocycles. The first kappa shape index (κ1) is 16.0. The van der Waals surface area contributed by atoms with Crippen LogP contribution in [-0.4, -0.2) is 50.7 Å². The van der Waals surface area contributed by atoms with Crippen LogP contribution in [0.25, 0.3) is 0 Å². The minimum atomic E-state index is -3.40. The average Bonchev–Trinajstić information content (AvgIpc) is 2.46. The lowest BCUT2D eigenvalue weighted by Gasteiger charge is -2.32. The molecule has 1 N–H and O–H groups in total. The maximum atomic E-state index is 12.7. The fraction of sp³-hybridized carbons (Fsp3) is 0.533. The molecule has 1 saturated heterocycles. The van der Waals surface area contributed by atoms with Gasteiger partial charge in [0.25, 0.3) is 5.91 Å². The van der Waals surface area contributed by atoms with Crippen LogP contribution >= 0.6 is 0 Å². The Morgan fingerprint density at radius 2 is 2.10 bits per heavy atom. The van der Waals surface area contributed by atoms with Crippen molar-refractivity contribution in [2.75, 3.05) is 25.4 Å². The van der Waals surface area contributed by atoms with Crippen molar-refractivity contribution in [2.45, 2.75) is 31.2 Å². The van der Waals surface area contributed by atoms with E-state index in [9.17, 15) is 13.2 Å². The smallest absolute Gasteiger partial charge is 0.255 e. The van der Waals surface area contributed by atoms with Crippen molar-refractivity contribution in [3.8, 4) is 0 Å². The molecule has 1 unspecified atom stereocenters. The summed E-state index contributed by atoms with van der Waals surface area (Å²) in [5, 5.41) is 3.27. The van der Waals surface area contributed by atoms with Gasteiger partial charge in [0.15, 0.2) is 9.84 Å². The summed E-state index contributed by atoms with van der Waals surface area (Å²) < 4.78 is 24.6. The number of benzene rings is 1. The molecular formula is C15H22N2O3S. The number of nitrogens with one attached hydrogen (secondary N) is 1. The van der Waals surface area contributed by atoms with Gasteiger partial charge < -0.3 is 10.2 Å². The summed E-state index contributed by atoms with van der Waals surface area (Å²) in [4.78, 5) is 14.5. The zero-order valence-corrected chi connectivity index (χ0v) is 13.3. The zero-order valence-electron chi connectivity index (χ0n) is 12.5. The quantitative estimate of drug-likeness (QED) is 0.910. The van der Waals surface area contributed by atoms with E-state index in [0.29, 0.717) is 25.1 Å². The number of amides is 1. The number of sulfone groups is 1. The van der Waals surface area contributed by atoms with Crippen LogP contribution in [0.2, 0.25) is 0 Å². The highest BCUT2D eigenvalue weighted by Gasteiger charge is 2.27. The van der Waals surface area contributed by atoms with Crippen LogP contribution in [0, 0.1) is 0 Å². The van der Waals surface area contributed by atoms with Gasteiger partial charge in [0.2, 0.25) is 0 Å². The number of piperazine rings is 1. The van der Waals surface area contributed by atoms with Crippen LogP contribution in [-0.2, 0) is 9.84 Å². The van der Waals surface area contributed by atoms with E-state index in [4.69, 9.17) is 0 Å². The molecule has 0 aromatic heterocycles. The number of carbonyl (C=O) groups excluding carboxylic acids is 1. The highest BCUT2D eigenvalue weighted by molar-refractivity contribution is 7.91. The van der Waals surface area contributed by atoms with Crippen LogP contribution < -0.4 is 5.32 Å². The minimum Gasteiger partial charge on any atom is -0.336 e. The molecule has 116 valence electrons. The fourth-order valence-electron chi connectivity index (χ4n) is 2.58. The van der Waals surface area contributed by atoms with Gasteiger partial charge >= 0.3 is 0 Å². The van der Waals surface area contributed by atoms with E-state index < -0.39 is 9.84 Å². The van der Waals surface area contributed by atoms with Gasteiger partial charge in [-0.3, -0.25) is 4.79 Å². The van der Waals surface area contributed by atoms with E-state index in [1.54, 1.807) is 23.1 Å². The van der Waals surface area contributed by atoms with Gasteiger partial charge in [-0.1, -0.05) is 19.1 Å². The molecule has 1 aliphatic rings. The third-order valence-corrected chi connectivity index (χ3v) is 5.55. The molecule has 6 heteroatoms. The van der Waals surface area contributed by atoms with Gasteiger partial charge in [-0.05, 0) is 25.5 Å². The SMILES string of the molecule is CCCS(=O)(=O)c1ccccc1C(=O)N1CCNC(C)C1. The van der Waals surface area contributed by atoms with E-state index >= 15 is 0 Å². The summed E-state index contributed by atoms with van der Waals surface area (Å²) in [5.41, 5.74) is 0.292. The Morgan fingerprint density at radius 1 is 1.38 bits per heavy atom. The molecule has 21 heavy (non-hydrogen) atoms. The summed E-state index contributed by atoms with van der Waals surface area (Å²) >= 11 is 0. The second-order valence-corrected chi connectivity index (χ2v) is 7.50. The molecule has 0 radical (unpaired) electrons. The van der Waals surface area contributed by atoms with Gasteiger partial charge in [-0.2, -0.15) is 0 Å². The average molecular weight is 310 g/mol.